The number of hydrogen-bond acceptors (Lipinski definition) is 12. The minimum absolute atomic E-state index is 0.102. The van der Waals surface area contributed by atoms with E-state index in [2.05, 4.69) is 33.0 Å². The number of fused-ring (bicyclic) bond motifs is 2. The maximum absolute atomic E-state index is 6.48. The summed E-state index contributed by atoms with van der Waals surface area (Å²) in [5.41, 5.74) is 8.79. The zero-order chi connectivity index (χ0) is 38.5. The van der Waals surface area contributed by atoms with E-state index in [1.807, 2.05) is 66.9 Å². The van der Waals surface area contributed by atoms with Crippen LogP contribution in [0, 0.1) is 0 Å². The van der Waals surface area contributed by atoms with Crippen molar-refractivity contribution in [2.24, 2.45) is 0 Å². The minimum Gasteiger partial charge on any atom is -0.497 e. The van der Waals surface area contributed by atoms with Gasteiger partial charge in [-0.3, -0.25) is 19.9 Å². The van der Waals surface area contributed by atoms with Gasteiger partial charge in [-0.25, -0.2) is 19.9 Å². The molecule has 0 spiro atoms. The van der Waals surface area contributed by atoms with Crippen LogP contribution in [0.25, 0.3) is 55.6 Å². The molecule has 0 saturated carbocycles. The zero-order valence-electron chi connectivity index (χ0n) is 31.1. The van der Waals surface area contributed by atoms with Gasteiger partial charge in [0.15, 0.2) is 5.65 Å². The molecule has 5 aromatic heterocycles. The van der Waals surface area contributed by atoms with E-state index >= 15 is 0 Å². The van der Waals surface area contributed by atoms with Gasteiger partial charge < -0.3 is 19.3 Å². The van der Waals surface area contributed by atoms with Crippen LogP contribution in [0.1, 0.15) is 23.2 Å². The minimum atomic E-state index is 0.102. The molecule has 0 radical (unpaired) electrons. The second-order valence-corrected chi connectivity index (χ2v) is 14.6. The summed E-state index contributed by atoms with van der Waals surface area (Å²) in [4.78, 5) is 43.1. The molecule has 0 aliphatic carbocycles. The number of rotatable bonds is 9. The normalized spacial score (nSPS) is 14.4. The Morgan fingerprint density at radius 2 is 1.32 bits per heavy atom. The van der Waals surface area contributed by atoms with Gasteiger partial charge in [-0.05, 0) is 65.7 Å². The van der Waals surface area contributed by atoms with Gasteiger partial charge in [0.25, 0.3) is 0 Å². The lowest BCUT2D eigenvalue weighted by atomic mass is 9.88. The summed E-state index contributed by atoms with van der Waals surface area (Å²) >= 11 is 6.48. The van der Waals surface area contributed by atoms with Crippen molar-refractivity contribution in [1.82, 2.24) is 39.9 Å². The number of pyridine rings is 2. The van der Waals surface area contributed by atoms with E-state index in [1.165, 1.54) is 0 Å². The molecular formula is C44H35ClN10O2. The van der Waals surface area contributed by atoms with E-state index in [0.717, 1.165) is 91.7 Å². The molecule has 280 valence electrons. The lowest BCUT2D eigenvalue weighted by molar-refractivity contribution is 0.415. The second-order valence-electron chi connectivity index (χ2n) is 14.2. The van der Waals surface area contributed by atoms with E-state index in [1.54, 1.807) is 45.2 Å². The lowest BCUT2D eigenvalue weighted by Crippen LogP contribution is -2.46. The third-order valence-corrected chi connectivity index (χ3v) is 11.1. The molecule has 7 heterocycles. The molecule has 0 bridgehead atoms. The summed E-state index contributed by atoms with van der Waals surface area (Å²) in [5, 5.41) is 2.45. The van der Waals surface area contributed by atoms with E-state index in [-0.39, 0.29) is 11.8 Å². The Morgan fingerprint density at radius 1 is 0.596 bits per heavy atom. The number of ether oxygens (including phenoxy) is 2. The van der Waals surface area contributed by atoms with Crippen molar-refractivity contribution in [3.63, 3.8) is 0 Å². The molecule has 13 heteroatoms. The van der Waals surface area contributed by atoms with E-state index in [0.29, 0.717) is 29.7 Å². The summed E-state index contributed by atoms with van der Waals surface area (Å²) in [6, 6.07) is 26.0. The predicted octanol–water partition coefficient (Wildman–Crippen LogP) is 8.03. The first-order valence-electron chi connectivity index (χ1n) is 18.7. The third kappa shape index (κ3) is 6.27. The standard InChI is InChI=1S/C44H35ClN10O2/c1-56-30-8-3-6-26(18-30)39-40(47-15-14-46-39)28-22-54(23-28)37-20-34(33-9-5-13-50-43(33)52-37)32-12-11-31(57-2)19-35(32)42-41(48-16-17-49-42)29-24-55(25-29)44-51-21-27-7-4-10-36(45)38(27)53-44/h3-21,28-29H,22-25H2,1-2H3. The Balaban J connectivity index is 0.984. The Hall–Kier alpha value is -6.79. The Bertz CT molecular complexity index is 2810. The van der Waals surface area contributed by atoms with E-state index in [9.17, 15) is 0 Å². The highest BCUT2D eigenvalue weighted by atomic mass is 35.5. The molecule has 0 atom stereocenters. The highest BCUT2D eigenvalue weighted by Gasteiger charge is 2.35. The quantitative estimate of drug-likeness (QED) is 0.141. The molecule has 3 aromatic carbocycles. The van der Waals surface area contributed by atoms with Crippen molar-refractivity contribution in [1.29, 1.82) is 0 Å². The largest absolute Gasteiger partial charge is 0.497 e. The molecule has 12 nitrogen and oxygen atoms in total. The molecule has 2 fully saturated rings. The lowest BCUT2D eigenvalue weighted by Gasteiger charge is -2.40. The fourth-order valence-electron chi connectivity index (χ4n) is 7.82. The van der Waals surface area contributed by atoms with Gasteiger partial charge in [0.1, 0.15) is 17.3 Å². The van der Waals surface area contributed by atoms with Crippen LogP contribution in [0.5, 0.6) is 11.5 Å². The van der Waals surface area contributed by atoms with Gasteiger partial charge >= 0.3 is 0 Å². The monoisotopic (exact) mass is 770 g/mol. The van der Waals surface area contributed by atoms with Gasteiger partial charge in [0, 0.05) is 97.1 Å². The van der Waals surface area contributed by atoms with Crippen LogP contribution in [0.15, 0.2) is 116 Å². The van der Waals surface area contributed by atoms with Crippen LogP contribution in [0.3, 0.4) is 0 Å². The summed E-state index contributed by atoms with van der Waals surface area (Å²) in [7, 11) is 3.35. The van der Waals surface area contributed by atoms with Crippen LogP contribution < -0.4 is 19.3 Å². The highest BCUT2D eigenvalue weighted by molar-refractivity contribution is 6.35. The Labute approximate surface area is 333 Å². The molecule has 0 amide bonds. The van der Waals surface area contributed by atoms with Gasteiger partial charge in [0.05, 0.1) is 47.5 Å². The number of halogens is 1. The first kappa shape index (κ1) is 34.7. The molecule has 57 heavy (non-hydrogen) atoms. The van der Waals surface area contributed by atoms with Crippen LogP contribution in [-0.2, 0) is 0 Å². The van der Waals surface area contributed by atoms with Crippen molar-refractivity contribution >= 4 is 45.3 Å². The SMILES string of the molecule is COc1cccc(-c2nccnc2C2CN(c3cc(-c4ccc(OC)cc4-c4nccnc4C4CN(c5ncc6cccc(Cl)c6n5)C4)c4cccnc4n3)C2)c1. The van der Waals surface area contributed by atoms with Gasteiger partial charge in [-0.1, -0.05) is 35.9 Å². The van der Waals surface area contributed by atoms with Crippen LogP contribution in [0.4, 0.5) is 11.8 Å². The van der Waals surface area contributed by atoms with Gasteiger partial charge in [-0.15, -0.1) is 0 Å². The van der Waals surface area contributed by atoms with Crippen LogP contribution in [0.2, 0.25) is 5.02 Å². The highest BCUT2D eigenvalue weighted by Crippen LogP contribution is 2.43. The van der Waals surface area contributed by atoms with Crippen molar-refractivity contribution in [2.45, 2.75) is 11.8 Å². The smallest absolute Gasteiger partial charge is 0.225 e. The van der Waals surface area contributed by atoms with Crippen molar-refractivity contribution in [3.05, 3.63) is 132 Å². The number of methoxy groups -OCH3 is 2. The predicted molar refractivity (Wildman–Crippen MR) is 221 cm³/mol. The molecule has 8 aromatic rings. The average molecular weight is 771 g/mol. The van der Waals surface area contributed by atoms with Crippen molar-refractivity contribution in [2.75, 3.05) is 50.2 Å². The first-order valence-corrected chi connectivity index (χ1v) is 19.0. The van der Waals surface area contributed by atoms with Crippen molar-refractivity contribution < 1.29 is 9.47 Å². The first-order chi connectivity index (χ1) is 28.0. The van der Waals surface area contributed by atoms with Crippen LogP contribution in [-0.4, -0.2) is 80.3 Å². The second kappa shape index (κ2) is 14.4. The molecular weight excluding hydrogens is 736 g/mol. The summed E-state index contributed by atoms with van der Waals surface area (Å²) < 4.78 is 11.3. The Morgan fingerprint density at radius 3 is 2.12 bits per heavy atom. The van der Waals surface area contributed by atoms with Gasteiger partial charge in [-0.2, -0.15) is 0 Å². The number of nitrogens with zero attached hydrogens (tertiary/aromatic N) is 10. The average Bonchev–Trinajstić information content (AvgIpc) is 3.23. The number of benzene rings is 3. The van der Waals surface area contributed by atoms with E-state index < -0.39 is 0 Å². The number of aromatic nitrogens is 8. The van der Waals surface area contributed by atoms with Crippen LogP contribution >= 0.6 is 11.6 Å². The molecule has 2 aliphatic rings. The molecule has 2 saturated heterocycles. The fourth-order valence-corrected chi connectivity index (χ4v) is 8.05. The van der Waals surface area contributed by atoms with Gasteiger partial charge in [0.2, 0.25) is 5.95 Å². The maximum atomic E-state index is 6.48. The molecule has 10 rings (SSSR count). The fraction of sp³-hybridized carbons (Fsp3) is 0.182. The molecule has 0 unspecified atom stereocenters. The molecule has 0 N–H and O–H groups in total. The summed E-state index contributed by atoms with van der Waals surface area (Å²) in [6.45, 7) is 2.84. The molecule has 2 aliphatic heterocycles. The number of hydrogen-bond donors (Lipinski definition) is 0. The summed E-state index contributed by atoms with van der Waals surface area (Å²) in [6.07, 6.45) is 10.6. The number of para-hydroxylation sites is 1. The van der Waals surface area contributed by atoms with E-state index in [4.69, 9.17) is 56.0 Å². The van der Waals surface area contributed by atoms with Crippen molar-refractivity contribution in [3.8, 4) is 45.1 Å². The number of anilines is 2. The Kier molecular flexibility index (Phi) is 8.74. The summed E-state index contributed by atoms with van der Waals surface area (Å²) in [5.74, 6) is 3.26. The maximum Gasteiger partial charge on any atom is 0.225 e. The third-order valence-electron chi connectivity index (χ3n) is 10.8. The topological polar surface area (TPSA) is 128 Å². The zero-order valence-corrected chi connectivity index (χ0v) is 31.9.